The minimum atomic E-state index is -1.21. The molecule has 5 atom stereocenters. The van der Waals surface area contributed by atoms with Crippen molar-refractivity contribution in [3.8, 4) is 0 Å². The van der Waals surface area contributed by atoms with Crippen LogP contribution in [0.1, 0.15) is 127 Å². The van der Waals surface area contributed by atoms with Crippen molar-refractivity contribution >= 4 is 29.7 Å². The molecule has 0 unspecified atom stereocenters. The number of aliphatic hydroxyl groups excluding tert-OH is 1. The van der Waals surface area contributed by atoms with Gasteiger partial charge in [0.25, 0.3) is 0 Å². The number of rotatable bonds is 15. The van der Waals surface area contributed by atoms with E-state index in [9.17, 15) is 29.1 Å². The fourth-order valence-corrected chi connectivity index (χ4v) is 5.54. The lowest BCUT2D eigenvalue weighted by atomic mass is 9.87. The van der Waals surface area contributed by atoms with E-state index in [4.69, 9.17) is 4.74 Å². The third-order valence-electron chi connectivity index (χ3n) is 7.91. The van der Waals surface area contributed by atoms with Crippen LogP contribution in [0.25, 0.3) is 0 Å². The number of ether oxygens (including phenoxy) is 1. The summed E-state index contributed by atoms with van der Waals surface area (Å²) in [6.07, 6.45) is 3.38. The normalized spacial score (nSPS) is 17.7. The van der Waals surface area contributed by atoms with Gasteiger partial charge in [-0.1, -0.05) is 67.2 Å². The Balaban J connectivity index is 3.35. The Kier molecular flexibility index (Phi) is 16.4. The van der Waals surface area contributed by atoms with Gasteiger partial charge in [-0.25, -0.2) is 4.79 Å². The van der Waals surface area contributed by atoms with Crippen molar-refractivity contribution in [2.45, 2.75) is 163 Å². The Morgan fingerprint density at radius 2 is 1.43 bits per heavy atom. The largest absolute Gasteiger partial charge is 0.444 e. The van der Waals surface area contributed by atoms with Crippen molar-refractivity contribution < 1.29 is 33.8 Å². The van der Waals surface area contributed by atoms with Crippen molar-refractivity contribution in [1.82, 2.24) is 20.9 Å². The van der Waals surface area contributed by atoms with Crippen LogP contribution in [-0.4, -0.2) is 75.6 Å². The van der Waals surface area contributed by atoms with Gasteiger partial charge in [0, 0.05) is 12.5 Å². The molecule has 4 N–H and O–H groups in total. The summed E-state index contributed by atoms with van der Waals surface area (Å²) in [7, 11) is 0. The smallest absolute Gasteiger partial charge is 0.408 e. The van der Waals surface area contributed by atoms with Crippen LogP contribution in [0, 0.1) is 17.8 Å². The van der Waals surface area contributed by atoms with Gasteiger partial charge in [0.15, 0.2) is 0 Å². The van der Waals surface area contributed by atoms with E-state index in [-0.39, 0.29) is 42.5 Å². The summed E-state index contributed by atoms with van der Waals surface area (Å²) in [4.78, 5) is 66.9. The number of carbonyl (C=O) groups is 5. The van der Waals surface area contributed by atoms with Gasteiger partial charge in [0.2, 0.25) is 23.6 Å². The average Bonchev–Trinajstić information content (AvgIpc) is 2.89. The molecule has 0 heterocycles. The Morgan fingerprint density at radius 1 is 0.864 bits per heavy atom. The predicted octanol–water partition coefficient (Wildman–Crippen LogP) is 4.45. The maximum Gasteiger partial charge on any atom is 0.408 e. The summed E-state index contributed by atoms with van der Waals surface area (Å²) in [6, 6.07) is -2.74. The van der Waals surface area contributed by atoms with E-state index in [0.717, 1.165) is 32.1 Å². The lowest BCUT2D eigenvalue weighted by molar-refractivity contribution is -0.148. The molecule has 0 bridgehead atoms. The van der Waals surface area contributed by atoms with Crippen LogP contribution >= 0.6 is 0 Å². The van der Waals surface area contributed by atoms with E-state index in [2.05, 4.69) is 16.0 Å². The average molecular weight is 625 g/mol. The van der Waals surface area contributed by atoms with E-state index in [0.29, 0.717) is 12.8 Å². The second kappa shape index (κ2) is 18.3. The third kappa shape index (κ3) is 13.9. The summed E-state index contributed by atoms with van der Waals surface area (Å²) >= 11 is 0. The first-order valence-electron chi connectivity index (χ1n) is 16.5. The van der Waals surface area contributed by atoms with E-state index < -0.39 is 53.6 Å². The van der Waals surface area contributed by atoms with Crippen molar-refractivity contribution in [2.75, 3.05) is 0 Å². The molecule has 0 spiro atoms. The standard InChI is InChI=1S/C33H60N4O7/c1-11-22(6)29(36-30(41)23(7)34-32(43)44-33(8,9)10)31(42)37(24-15-13-12-14-16-24)25(17-20(2)3)26(38)19-28(40)35-27(39)18-21(4)5/h20-26,29,38H,11-19H2,1-10H3,(H,34,43)(H,36,41)(H,35,39,40)/t22-,23-,25-,26-,29-/m0/s1. The van der Waals surface area contributed by atoms with Gasteiger partial charge in [-0.05, 0) is 64.7 Å². The van der Waals surface area contributed by atoms with Crippen molar-refractivity contribution in [1.29, 1.82) is 0 Å². The zero-order valence-electron chi connectivity index (χ0n) is 28.8. The summed E-state index contributed by atoms with van der Waals surface area (Å²) in [6.45, 7) is 18.3. The molecule has 1 rings (SSSR count). The number of nitrogens with one attached hydrogen (secondary N) is 3. The molecule has 0 aromatic carbocycles. The molecule has 254 valence electrons. The zero-order chi connectivity index (χ0) is 33.8. The molecular formula is C33H60N4O7. The van der Waals surface area contributed by atoms with Gasteiger partial charge in [-0.3, -0.25) is 24.5 Å². The maximum absolute atomic E-state index is 14.6. The molecule has 11 nitrogen and oxygen atoms in total. The van der Waals surface area contributed by atoms with Gasteiger partial charge < -0.3 is 25.4 Å². The number of amides is 5. The van der Waals surface area contributed by atoms with E-state index in [1.54, 1.807) is 25.7 Å². The lowest BCUT2D eigenvalue weighted by Crippen LogP contribution is -2.62. The van der Waals surface area contributed by atoms with Gasteiger partial charge >= 0.3 is 6.09 Å². The second-order valence-electron chi connectivity index (χ2n) is 14.3. The quantitative estimate of drug-likeness (QED) is 0.210. The molecule has 1 aliphatic carbocycles. The van der Waals surface area contributed by atoms with E-state index in [1.807, 2.05) is 41.5 Å². The first-order chi connectivity index (χ1) is 20.4. The highest BCUT2D eigenvalue weighted by Crippen LogP contribution is 2.30. The number of nitrogens with zero attached hydrogens (tertiary/aromatic N) is 1. The van der Waals surface area contributed by atoms with Crippen molar-refractivity contribution in [3.05, 3.63) is 0 Å². The highest BCUT2D eigenvalue weighted by Gasteiger charge is 2.41. The summed E-state index contributed by atoms with van der Waals surface area (Å²) < 4.78 is 5.28. The topological polar surface area (TPSA) is 154 Å². The molecule has 0 aromatic heterocycles. The third-order valence-corrected chi connectivity index (χ3v) is 7.91. The molecule has 11 heteroatoms. The van der Waals surface area contributed by atoms with Crippen molar-refractivity contribution in [2.24, 2.45) is 17.8 Å². The van der Waals surface area contributed by atoms with Crippen LogP contribution in [0.3, 0.4) is 0 Å². The lowest BCUT2D eigenvalue weighted by Gasteiger charge is -2.45. The van der Waals surface area contributed by atoms with Gasteiger partial charge in [-0.15, -0.1) is 0 Å². The number of hydrogen-bond acceptors (Lipinski definition) is 7. The van der Waals surface area contributed by atoms with Gasteiger partial charge in [-0.2, -0.15) is 0 Å². The van der Waals surface area contributed by atoms with Crippen molar-refractivity contribution in [3.63, 3.8) is 0 Å². The van der Waals surface area contributed by atoms with Crippen LogP contribution in [0.2, 0.25) is 0 Å². The highest BCUT2D eigenvalue weighted by atomic mass is 16.6. The molecule has 1 fully saturated rings. The molecule has 1 saturated carbocycles. The van der Waals surface area contributed by atoms with E-state index >= 15 is 0 Å². The molecule has 0 saturated heterocycles. The zero-order valence-corrected chi connectivity index (χ0v) is 28.8. The molecule has 5 amide bonds. The Labute approximate surface area is 265 Å². The molecule has 1 aliphatic rings. The summed E-state index contributed by atoms with van der Waals surface area (Å²) in [5.74, 6) is -1.90. The fraction of sp³-hybridized carbons (Fsp3) is 0.848. The fourth-order valence-electron chi connectivity index (χ4n) is 5.54. The van der Waals surface area contributed by atoms with Gasteiger partial charge in [0.05, 0.1) is 18.6 Å². The van der Waals surface area contributed by atoms with E-state index in [1.165, 1.54) is 6.92 Å². The highest BCUT2D eigenvalue weighted by molar-refractivity contribution is 5.95. The number of imide groups is 1. The molecule has 0 aromatic rings. The minimum Gasteiger partial charge on any atom is -0.444 e. The van der Waals surface area contributed by atoms with Crippen LogP contribution in [0.5, 0.6) is 0 Å². The first-order valence-corrected chi connectivity index (χ1v) is 16.5. The number of carbonyl (C=O) groups excluding carboxylic acids is 5. The number of aliphatic hydroxyl groups is 1. The SMILES string of the molecule is CC[C@H](C)[C@H](NC(=O)[C@H](C)NC(=O)OC(C)(C)C)C(=O)N(C1CCCCC1)[C@@H](CC(C)C)[C@@H](O)CC(=O)NC(=O)CC(C)C. The Morgan fingerprint density at radius 3 is 1.93 bits per heavy atom. The molecule has 0 aliphatic heterocycles. The van der Waals surface area contributed by atoms with Crippen LogP contribution in [0.15, 0.2) is 0 Å². The van der Waals surface area contributed by atoms with Gasteiger partial charge in [0.1, 0.15) is 17.7 Å². The molecule has 0 radical (unpaired) electrons. The first kappa shape index (κ1) is 39.3. The maximum atomic E-state index is 14.6. The predicted molar refractivity (Wildman–Crippen MR) is 170 cm³/mol. The number of hydrogen-bond donors (Lipinski definition) is 4. The van der Waals surface area contributed by atoms with Crippen LogP contribution < -0.4 is 16.0 Å². The monoisotopic (exact) mass is 624 g/mol. The Bertz CT molecular complexity index is 956. The second-order valence-corrected chi connectivity index (χ2v) is 14.3. The van der Waals surface area contributed by atoms with Crippen LogP contribution in [0.4, 0.5) is 4.79 Å². The summed E-state index contributed by atoms with van der Waals surface area (Å²) in [5.41, 5.74) is -0.735. The Hall–Kier alpha value is -2.69. The number of alkyl carbamates (subject to hydrolysis) is 1. The molecular weight excluding hydrogens is 564 g/mol. The molecule has 44 heavy (non-hydrogen) atoms. The minimum absolute atomic E-state index is 0.0792. The summed E-state index contributed by atoms with van der Waals surface area (Å²) in [5, 5.41) is 19.3. The van der Waals surface area contributed by atoms with Crippen LogP contribution in [-0.2, 0) is 23.9 Å².